The Morgan fingerprint density at radius 3 is 2.67 bits per heavy atom. The van der Waals surface area contributed by atoms with E-state index in [1.54, 1.807) is 0 Å². The molecule has 0 spiro atoms. The molecule has 0 N–H and O–H groups in total. The fraction of sp³-hybridized carbons (Fsp3) is 0.200. The van der Waals surface area contributed by atoms with Gasteiger partial charge in [-0.1, -0.05) is 11.8 Å². The molecule has 1 aromatic carbocycles. The van der Waals surface area contributed by atoms with Gasteiger partial charge in [-0.15, -0.1) is 18.3 Å². The normalized spacial score (nSPS) is 11.4. The van der Waals surface area contributed by atoms with Crippen molar-refractivity contribution in [1.29, 1.82) is 0 Å². The van der Waals surface area contributed by atoms with Crippen molar-refractivity contribution in [3.63, 3.8) is 0 Å². The average Bonchev–Trinajstić information content (AvgIpc) is 3.27. The van der Waals surface area contributed by atoms with Crippen molar-refractivity contribution in [1.82, 2.24) is 20.2 Å². The third-order valence-corrected chi connectivity index (χ3v) is 4.16. The van der Waals surface area contributed by atoms with Crippen LogP contribution in [0.3, 0.4) is 0 Å². The number of rotatable bonds is 6. The Balaban J connectivity index is 1.73. The minimum atomic E-state index is -4.77. The van der Waals surface area contributed by atoms with E-state index < -0.39 is 12.3 Å². The lowest BCUT2D eigenvalue weighted by atomic mass is 10.3. The molecule has 0 unspecified atom stereocenters. The van der Waals surface area contributed by atoms with Crippen LogP contribution < -0.4 is 4.74 Å². The highest BCUT2D eigenvalue weighted by atomic mass is 32.2. The Hall–Kier alpha value is -3.02. The second-order valence-electron chi connectivity index (χ2n) is 4.95. The van der Waals surface area contributed by atoms with Crippen LogP contribution in [0.4, 0.5) is 13.2 Å². The number of hydrogen-bond donors (Lipinski definition) is 0. The number of aromatic nitrogens is 4. The Bertz CT molecular complexity index is 924. The Labute approximate surface area is 154 Å². The molecule has 0 radical (unpaired) electrons. The monoisotopic (exact) mass is 400 g/mol. The number of furan rings is 1. The predicted octanol–water partition coefficient (Wildman–Crippen LogP) is 3.23. The molecular weight excluding hydrogens is 389 g/mol. The van der Waals surface area contributed by atoms with E-state index in [1.807, 2.05) is 0 Å². The number of thioether (sulfide) groups is 1. The van der Waals surface area contributed by atoms with E-state index in [-0.39, 0.29) is 17.1 Å². The molecule has 0 amide bonds. The smallest absolute Gasteiger partial charge is 0.468 e. The Morgan fingerprint density at radius 2 is 2.00 bits per heavy atom. The molecule has 0 saturated carbocycles. The first-order valence-electron chi connectivity index (χ1n) is 7.29. The largest absolute Gasteiger partial charge is 0.573 e. The zero-order valence-electron chi connectivity index (χ0n) is 13.6. The first-order chi connectivity index (χ1) is 12.9. The molecular formula is C15H11F3N4O4S. The van der Waals surface area contributed by atoms with Gasteiger partial charge in [-0.05, 0) is 40.8 Å². The van der Waals surface area contributed by atoms with Gasteiger partial charge in [0.1, 0.15) is 17.1 Å². The first kappa shape index (κ1) is 18.8. The van der Waals surface area contributed by atoms with E-state index in [2.05, 4.69) is 25.0 Å². The molecule has 0 aliphatic heterocycles. The number of ether oxygens (including phenoxy) is 2. The van der Waals surface area contributed by atoms with Crippen molar-refractivity contribution in [3.8, 4) is 11.4 Å². The lowest BCUT2D eigenvalue weighted by Crippen LogP contribution is -2.17. The maximum Gasteiger partial charge on any atom is 0.573 e. The van der Waals surface area contributed by atoms with Gasteiger partial charge in [0.25, 0.3) is 0 Å². The van der Waals surface area contributed by atoms with E-state index in [0.717, 1.165) is 12.1 Å². The van der Waals surface area contributed by atoms with E-state index in [9.17, 15) is 18.0 Å². The van der Waals surface area contributed by atoms with Crippen LogP contribution in [0.2, 0.25) is 0 Å². The molecule has 2 aromatic heterocycles. The second-order valence-corrected chi connectivity index (χ2v) is 5.90. The number of carbonyl (C=O) groups is 1. The lowest BCUT2D eigenvalue weighted by molar-refractivity contribution is -0.274. The van der Waals surface area contributed by atoms with Crippen molar-refractivity contribution in [3.05, 3.63) is 47.9 Å². The number of benzene rings is 1. The highest BCUT2D eigenvalue weighted by Gasteiger charge is 2.31. The van der Waals surface area contributed by atoms with Gasteiger partial charge in [0.2, 0.25) is 5.16 Å². The van der Waals surface area contributed by atoms with Crippen molar-refractivity contribution >= 4 is 17.7 Å². The molecule has 27 heavy (non-hydrogen) atoms. The Morgan fingerprint density at radius 1 is 1.26 bits per heavy atom. The number of tetrazole rings is 1. The molecule has 3 rings (SSSR count). The summed E-state index contributed by atoms with van der Waals surface area (Å²) in [5.41, 5.74) is 0.724. The van der Waals surface area contributed by atoms with Gasteiger partial charge < -0.3 is 13.9 Å². The first-order valence-corrected chi connectivity index (χ1v) is 8.28. The summed E-state index contributed by atoms with van der Waals surface area (Å²) in [5.74, 6) is -0.256. The molecule has 2 heterocycles. The molecule has 0 aliphatic carbocycles. The number of carbonyl (C=O) groups excluding carboxylic acids is 1. The second kappa shape index (κ2) is 7.70. The maximum atomic E-state index is 12.2. The summed E-state index contributed by atoms with van der Waals surface area (Å²) in [6.07, 6.45) is -3.40. The maximum absolute atomic E-state index is 12.2. The van der Waals surface area contributed by atoms with Crippen molar-refractivity contribution in [2.75, 3.05) is 7.11 Å². The molecule has 0 fully saturated rings. The number of halogens is 3. The summed E-state index contributed by atoms with van der Waals surface area (Å²) in [7, 11) is 1.26. The van der Waals surface area contributed by atoms with Gasteiger partial charge in [0.15, 0.2) is 0 Å². The van der Waals surface area contributed by atoms with Crippen molar-refractivity contribution in [2.24, 2.45) is 0 Å². The van der Waals surface area contributed by atoms with Gasteiger partial charge in [-0.3, -0.25) is 0 Å². The third-order valence-electron chi connectivity index (χ3n) is 3.24. The Kier molecular flexibility index (Phi) is 5.35. The van der Waals surface area contributed by atoms with Crippen LogP contribution in [0.1, 0.15) is 16.1 Å². The molecule has 0 aliphatic rings. The summed E-state index contributed by atoms with van der Waals surface area (Å²) in [6.45, 7) is 0. The van der Waals surface area contributed by atoms with Gasteiger partial charge in [0, 0.05) is 0 Å². The average molecular weight is 400 g/mol. The quantitative estimate of drug-likeness (QED) is 0.460. The topological polar surface area (TPSA) is 92.3 Å². The molecule has 0 saturated heterocycles. The molecule has 8 nitrogen and oxygen atoms in total. The van der Waals surface area contributed by atoms with E-state index >= 15 is 0 Å². The minimum Gasteiger partial charge on any atom is -0.468 e. The summed E-state index contributed by atoms with van der Waals surface area (Å²) >= 11 is 1.18. The summed E-state index contributed by atoms with van der Waals surface area (Å²) in [6, 6.07) is 6.56. The van der Waals surface area contributed by atoms with Crippen LogP contribution in [0.25, 0.3) is 5.69 Å². The van der Waals surface area contributed by atoms with Crippen LogP contribution in [0.15, 0.2) is 46.2 Å². The molecule has 12 heteroatoms. The summed E-state index contributed by atoms with van der Waals surface area (Å²) < 4.78 is 51.8. The van der Waals surface area contributed by atoms with Crippen LogP contribution in [0.5, 0.6) is 5.75 Å². The third kappa shape index (κ3) is 4.58. The molecule has 3 aromatic rings. The van der Waals surface area contributed by atoms with Gasteiger partial charge in [0.05, 0.1) is 24.8 Å². The number of hydrogen-bond acceptors (Lipinski definition) is 8. The number of esters is 1. The number of methoxy groups -OCH3 is 1. The van der Waals surface area contributed by atoms with E-state index in [0.29, 0.717) is 16.6 Å². The van der Waals surface area contributed by atoms with Gasteiger partial charge in [-0.2, -0.15) is 4.68 Å². The van der Waals surface area contributed by atoms with E-state index in [4.69, 9.17) is 4.42 Å². The molecule has 0 bridgehead atoms. The number of alkyl halides is 3. The SMILES string of the molecule is COC(=O)c1ccoc1CSc1nnnn1-c1ccc(OC(F)(F)F)cc1. The fourth-order valence-electron chi connectivity index (χ4n) is 2.09. The zero-order chi connectivity index (χ0) is 19.4. The molecule has 0 atom stereocenters. The highest BCUT2D eigenvalue weighted by molar-refractivity contribution is 7.98. The lowest BCUT2D eigenvalue weighted by Gasteiger charge is -2.09. The van der Waals surface area contributed by atoms with Crippen molar-refractivity contribution in [2.45, 2.75) is 17.3 Å². The zero-order valence-corrected chi connectivity index (χ0v) is 14.5. The highest BCUT2D eigenvalue weighted by Crippen LogP contribution is 2.27. The number of nitrogens with zero attached hydrogens (tertiary/aromatic N) is 4. The van der Waals surface area contributed by atoms with Crippen molar-refractivity contribution < 1.29 is 31.9 Å². The van der Waals surface area contributed by atoms with E-state index in [1.165, 1.54) is 48.0 Å². The summed E-state index contributed by atoms with van der Waals surface area (Å²) in [5, 5.41) is 11.6. The standard InChI is InChI=1S/C15H11F3N4O4S/c1-24-13(23)11-6-7-25-12(11)8-27-14-19-20-21-22(14)9-2-4-10(5-3-9)26-15(16,17)18/h2-7H,8H2,1H3. The van der Waals surface area contributed by atoms with Crippen LogP contribution >= 0.6 is 11.8 Å². The molecule has 142 valence electrons. The van der Waals surface area contributed by atoms with Gasteiger partial charge in [-0.25, -0.2) is 4.79 Å². The fourth-order valence-corrected chi connectivity index (χ4v) is 2.94. The van der Waals surface area contributed by atoms with Gasteiger partial charge >= 0.3 is 12.3 Å². The van der Waals surface area contributed by atoms with Crippen LogP contribution in [-0.4, -0.2) is 39.6 Å². The van der Waals surface area contributed by atoms with Crippen LogP contribution in [-0.2, 0) is 10.5 Å². The summed E-state index contributed by atoms with van der Waals surface area (Å²) in [4.78, 5) is 11.6. The van der Waals surface area contributed by atoms with Crippen LogP contribution in [0, 0.1) is 0 Å². The predicted molar refractivity (Wildman–Crippen MR) is 85.4 cm³/mol. The minimum absolute atomic E-state index is 0.243.